The molecule has 4 rings (SSSR count). The number of aromatic nitrogens is 3. The third-order valence-corrected chi connectivity index (χ3v) is 6.20. The molecule has 0 amide bonds. The van der Waals surface area contributed by atoms with Gasteiger partial charge in [0.15, 0.2) is 11.0 Å². The highest BCUT2D eigenvalue weighted by molar-refractivity contribution is 7.98. The first-order valence-electron chi connectivity index (χ1n) is 9.43. The molecule has 0 aliphatic carbocycles. The number of thioether (sulfide) groups is 1. The standard InChI is InChI=1S/C23H20ClN3O2S/c1-4-9-27-22(16-5-7-18(24)8-6-16)25-26-23(27)30-13-17-12-21(28)29-20-11-15(3)14(2)10-19(17)20/h4-8,10-12H,1,9,13H2,2-3H3. The van der Waals surface area contributed by atoms with E-state index in [2.05, 4.69) is 29.8 Å². The number of allylic oxidation sites excluding steroid dienone is 1. The molecule has 0 fully saturated rings. The van der Waals surface area contributed by atoms with Crippen molar-refractivity contribution in [3.05, 3.63) is 87.3 Å². The van der Waals surface area contributed by atoms with E-state index in [-0.39, 0.29) is 5.63 Å². The molecule has 0 saturated heterocycles. The van der Waals surface area contributed by atoms with E-state index in [1.807, 2.05) is 47.9 Å². The van der Waals surface area contributed by atoms with Gasteiger partial charge in [-0.2, -0.15) is 0 Å². The molecule has 152 valence electrons. The molecule has 2 aromatic heterocycles. The fourth-order valence-electron chi connectivity index (χ4n) is 3.25. The number of hydrogen-bond acceptors (Lipinski definition) is 5. The van der Waals surface area contributed by atoms with E-state index in [9.17, 15) is 4.79 Å². The summed E-state index contributed by atoms with van der Waals surface area (Å²) in [5.41, 5.74) is 4.34. The molecule has 0 saturated carbocycles. The maximum atomic E-state index is 12.1. The normalized spacial score (nSPS) is 11.2. The highest BCUT2D eigenvalue weighted by Crippen LogP contribution is 2.30. The Morgan fingerprint density at radius 2 is 1.87 bits per heavy atom. The van der Waals surface area contributed by atoms with E-state index in [1.165, 1.54) is 11.8 Å². The van der Waals surface area contributed by atoms with Gasteiger partial charge in [0.05, 0.1) is 0 Å². The zero-order valence-corrected chi connectivity index (χ0v) is 18.3. The van der Waals surface area contributed by atoms with Crippen molar-refractivity contribution in [1.82, 2.24) is 14.8 Å². The van der Waals surface area contributed by atoms with Gasteiger partial charge in [-0.25, -0.2) is 4.79 Å². The molecular formula is C23H20ClN3O2S. The predicted molar refractivity (Wildman–Crippen MR) is 122 cm³/mol. The van der Waals surface area contributed by atoms with Crippen molar-refractivity contribution in [2.24, 2.45) is 0 Å². The monoisotopic (exact) mass is 437 g/mol. The topological polar surface area (TPSA) is 60.9 Å². The van der Waals surface area contributed by atoms with E-state index >= 15 is 0 Å². The Hall–Kier alpha value is -2.83. The van der Waals surface area contributed by atoms with Crippen LogP contribution in [-0.2, 0) is 12.3 Å². The number of halogens is 1. The average molecular weight is 438 g/mol. The minimum Gasteiger partial charge on any atom is -0.423 e. The van der Waals surface area contributed by atoms with Crippen molar-refractivity contribution in [3.63, 3.8) is 0 Å². The molecule has 0 aliphatic heterocycles. The smallest absolute Gasteiger partial charge is 0.336 e. The maximum absolute atomic E-state index is 12.1. The largest absolute Gasteiger partial charge is 0.423 e. The summed E-state index contributed by atoms with van der Waals surface area (Å²) in [5, 5.41) is 11.1. The van der Waals surface area contributed by atoms with Crippen LogP contribution >= 0.6 is 23.4 Å². The Labute approximate surface area is 183 Å². The summed E-state index contributed by atoms with van der Waals surface area (Å²) in [6.45, 7) is 8.48. The molecule has 30 heavy (non-hydrogen) atoms. The van der Waals surface area contributed by atoms with Crippen LogP contribution in [0.2, 0.25) is 5.02 Å². The number of nitrogens with zero attached hydrogens (tertiary/aromatic N) is 3. The lowest BCUT2D eigenvalue weighted by atomic mass is 10.0. The van der Waals surface area contributed by atoms with Crippen LogP contribution in [0.5, 0.6) is 0 Å². The Kier molecular flexibility index (Phi) is 5.79. The summed E-state index contributed by atoms with van der Waals surface area (Å²) in [6.07, 6.45) is 1.81. The lowest BCUT2D eigenvalue weighted by Gasteiger charge is -2.10. The van der Waals surface area contributed by atoms with E-state index in [0.29, 0.717) is 22.9 Å². The molecule has 2 aromatic carbocycles. The molecule has 4 aromatic rings. The summed E-state index contributed by atoms with van der Waals surface area (Å²) in [7, 11) is 0. The third kappa shape index (κ3) is 4.06. The van der Waals surface area contributed by atoms with Gasteiger partial charge in [0, 0.05) is 34.3 Å². The molecular weight excluding hydrogens is 418 g/mol. The number of rotatable bonds is 6. The SMILES string of the molecule is C=CCn1c(SCc2cc(=O)oc3cc(C)c(C)cc23)nnc1-c1ccc(Cl)cc1. The number of benzene rings is 2. The molecule has 0 radical (unpaired) electrons. The van der Waals surface area contributed by atoms with Crippen LogP contribution in [0.1, 0.15) is 16.7 Å². The van der Waals surface area contributed by atoms with Crippen LogP contribution < -0.4 is 5.63 Å². The van der Waals surface area contributed by atoms with Gasteiger partial charge in [0.1, 0.15) is 5.58 Å². The lowest BCUT2D eigenvalue weighted by molar-refractivity contribution is 0.559. The Bertz CT molecular complexity index is 1290. The first-order chi connectivity index (χ1) is 14.5. The van der Waals surface area contributed by atoms with Crippen LogP contribution in [0, 0.1) is 13.8 Å². The van der Waals surface area contributed by atoms with Crippen molar-refractivity contribution in [1.29, 1.82) is 0 Å². The van der Waals surface area contributed by atoms with Crippen LogP contribution in [0.3, 0.4) is 0 Å². The number of aryl methyl sites for hydroxylation is 2. The van der Waals surface area contributed by atoms with E-state index in [1.54, 1.807) is 6.07 Å². The number of hydrogen-bond donors (Lipinski definition) is 0. The Morgan fingerprint density at radius 1 is 1.13 bits per heavy atom. The summed E-state index contributed by atoms with van der Waals surface area (Å²) in [5.74, 6) is 1.32. The van der Waals surface area contributed by atoms with Gasteiger partial charge in [0.2, 0.25) is 0 Å². The van der Waals surface area contributed by atoms with Crippen molar-refractivity contribution >= 4 is 34.3 Å². The zero-order valence-electron chi connectivity index (χ0n) is 16.7. The molecule has 0 unspecified atom stereocenters. The summed E-state index contributed by atoms with van der Waals surface area (Å²) < 4.78 is 7.41. The molecule has 0 bridgehead atoms. The quantitative estimate of drug-likeness (QED) is 0.217. The summed E-state index contributed by atoms with van der Waals surface area (Å²) in [6, 6.07) is 13.0. The second-order valence-corrected chi connectivity index (χ2v) is 8.40. The van der Waals surface area contributed by atoms with Crippen molar-refractivity contribution < 1.29 is 4.42 Å². The van der Waals surface area contributed by atoms with E-state index in [0.717, 1.165) is 38.6 Å². The van der Waals surface area contributed by atoms with Crippen LogP contribution in [-0.4, -0.2) is 14.8 Å². The molecule has 0 N–H and O–H groups in total. The molecule has 7 heteroatoms. The van der Waals surface area contributed by atoms with Gasteiger partial charge in [-0.15, -0.1) is 16.8 Å². The number of fused-ring (bicyclic) bond motifs is 1. The summed E-state index contributed by atoms with van der Waals surface area (Å²) >= 11 is 7.54. The van der Waals surface area contributed by atoms with Gasteiger partial charge in [-0.05, 0) is 66.9 Å². The van der Waals surface area contributed by atoms with Gasteiger partial charge >= 0.3 is 5.63 Å². The second-order valence-electron chi connectivity index (χ2n) is 7.02. The molecule has 0 spiro atoms. The molecule has 0 aliphatic rings. The second kappa shape index (κ2) is 8.50. The van der Waals surface area contributed by atoms with E-state index in [4.69, 9.17) is 16.0 Å². The van der Waals surface area contributed by atoms with Gasteiger partial charge in [-0.3, -0.25) is 4.57 Å². The molecule has 5 nitrogen and oxygen atoms in total. The lowest BCUT2D eigenvalue weighted by Crippen LogP contribution is -2.03. The van der Waals surface area contributed by atoms with E-state index < -0.39 is 0 Å². The summed E-state index contributed by atoms with van der Waals surface area (Å²) in [4.78, 5) is 12.1. The maximum Gasteiger partial charge on any atom is 0.336 e. The van der Waals surface area contributed by atoms with Crippen LogP contribution in [0.4, 0.5) is 0 Å². The Balaban J connectivity index is 1.69. The first kappa shape index (κ1) is 20.4. The minimum absolute atomic E-state index is 0.351. The van der Waals surface area contributed by atoms with Crippen LogP contribution in [0.25, 0.3) is 22.4 Å². The van der Waals surface area contributed by atoms with Crippen molar-refractivity contribution in [2.75, 3.05) is 0 Å². The first-order valence-corrected chi connectivity index (χ1v) is 10.8. The highest BCUT2D eigenvalue weighted by Gasteiger charge is 2.15. The van der Waals surface area contributed by atoms with Crippen molar-refractivity contribution in [3.8, 4) is 11.4 Å². The fourth-order valence-corrected chi connectivity index (χ4v) is 4.31. The minimum atomic E-state index is -0.351. The highest BCUT2D eigenvalue weighted by atomic mass is 35.5. The predicted octanol–water partition coefficient (Wildman–Crippen LogP) is 5.80. The third-order valence-electron chi connectivity index (χ3n) is 4.93. The molecule has 2 heterocycles. The molecule has 0 atom stereocenters. The Morgan fingerprint density at radius 3 is 2.60 bits per heavy atom. The van der Waals surface area contributed by atoms with Gasteiger partial charge < -0.3 is 4.42 Å². The van der Waals surface area contributed by atoms with Crippen LogP contribution in [0.15, 0.2) is 69.5 Å². The average Bonchev–Trinajstić information content (AvgIpc) is 3.11. The van der Waals surface area contributed by atoms with Gasteiger partial charge in [-0.1, -0.05) is 29.4 Å². The van der Waals surface area contributed by atoms with Crippen molar-refractivity contribution in [2.45, 2.75) is 31.3 Å². The fraction of sp³-hybridized carbons (Fsp3) is 0.174. The van der Waals surface area contributed by atoms with Gasteiger partial charge in [0.25, 0.3) is 0 Å². The zero-order chi connectivity index (χ0) is 21.3.